The average molecular weight is 313 g/mol. The molecule has 0 aliphatic heterocycles. The van der Waals surface area contributed by atoms with Crippen molar-refractivity contribution in [1.29, 1.82) is 5.41 Å². The Morgan fingerprint density at radius 3 is 2.32 bits per heavy atom. The van der Waals surface area contributed by atoms with Gasteiger partial charge in [0.2, 0.25) is 0 Å². The van der Waals surface area contributed by atoms with Crippen molar-refractivity contribution in [3.05, 3.63) is 65.2 Å². The number of hydrogen-bond acceptors (Lipinski definition) is 3. The smallest absolute Gasteiger partial charge is 0.190 e. The Kier molecular flexibility index (Phi) is 3.44. The van der Waals surface area contributed by atoms with Crippen LogP contribution in [-0.2, 0) is 16.3 Å². The SMILES string of the molecule is CCC1(S(=O)(=O)c2ccc(C)cc2)Cc2ccccc2C1=N. The summed E-state index contributed by atoms with van der Waals surface area (Å²) in [4.78, 5) is 0.303. The third-order valence-corrected chi connectivity index (χ3v) is 7.19. The van der Waals surface area contributed by atoms with Gasteiger partial charge in [0.1, 0.15) is 4.75 Å². The van der Waals surface area contributed by atoms with Gasteiger partial charge in [-0.05, 0) is 37.5 Å². The number of sulfone groups is 1. The fourth-order valence-electron chi connectivity index (χ4n) is 3.22. The third-order valence-electron chi connectivity index (χ3n) is 4.64. The molecule has 1 unspecified atom stereocenters. The molecule has 1 aliphatic rings. The fourth-order valence-corrected chi connectivity index (χ4v) is 5.27. The Morgan fingerprint density at radius 1 is 1.09 bits per heavy atom. The summed E-state index contributed by atoms with van der Waals surface area (Å²) in [7, 11) is -3.61. The van der Waals surface area contributed by atoms with Crippen molar-refractivity contribution in [2.24, 2.45) is 0 Å². The zero-order valence-electron chi connectivity index (χ0n) is 12.8. The van der Waals surface area contributed by atoms with Crippen LogP contribution in [0, 0.1) is 12.3 Å². The molecule has 1 aliphatic carbocycles. The lowest BCUT2D eigenvalue weighted by Gasteiger charge is -2.28. The molecule has 0 saturated heterocycles. The summed E-state index contributed by atoms with van der Waals surface area (Å²) in [6.45, 7) is 3.78. The Morgan fingerprint density at radius 2 is 1.73 bits per heavy atom. The van der Waals surface area contributed by atoms with Crippen LogP contribution in [-0.4, -0.2) is 18.9 Å². The van der Waals surface area contributed by atoms with E-state index in [0.717, 1.165) is 16.7 Å². The van der Waals surface area contributed by atoms with Crippen LogP contribution in [0.4, 0.5) is 0 Å². The van der Waals surface area contributed by atoms with E-state index in [-0.39, 0.29) is 5.71 Å². The number of hydrogen-bond donors (Lipinski definition) is 1. The predicted octanol–water partition coefficient (Wildman–Crippen LogP) is 3.54. The van der Waals surface area contributed by atoms with Gasteiger partial charge in [0.15, 0.2) is 9.84 Å². The molecular weight excluding hydrogens is 294 g/mol. The quantitative estimate of drug-likeness (QED) is 0.942. The number of fused-ring (bicyclic) bond motifs is 1. The molecule has 0 saturated carbocycles. The molecule has 0 radical (unpaired) electrons. The molecule has 2 aromatic carbocycles. The number of aryl methyl sites for hydroxylation is 1. The van der Waals surface area contributed by atoms with Crippen LogP contribution in [0.15, 0.2) is 53.4 Å². The Labute approximate surface area is 131 Å². The molecule has 0 fully saturated rings. The van der Waals surface area contributed by atoms with E-state index in [1.165, 1.54) is 0 Å². The van der Waals surface area contributed by atoms with Gasteiger partial charge in [-0.15, -0.1) is 0 Å². The summed E-state index contributed by atoms with van der Waals surface area (Å²) in [5.41, 5.74) is 2.96. The summed E-state index contributed by atoms with van der Waals surface area (Å²) in [5.74, 6) is 0. The van der Waals surface area contributed by atoms with Gasteiger partial charge >= 0.3 is 0 Å². The van der Waals surface area contributed by atoms with Crippen molar-refractivity contribution in [3.8, 4) is 0 Å². The maximum atomic E-state index is 13.2. The molecule has 22 heavy (non-hydrogen) atoms. The van der Waals surface area contributed by atoms with Crippen LogP contribution < -0.4 is 0 Å². The second-order valence-electron chi connectivity index (χ2n) is 5.87. The van der Waals surface area contributed by atoms with E-state index in [0.29, 0.717) is 17.7 Å². The van der Waals surface area contributed by atoms with Crippen LogP contribution in [0.1, 0.15) is 30.0 Å². The molecule has 0 amide bonds. The second-order valence-corrected chi connectivity index (χ2v) is 8.13. The van der Waals surface area contributed by atoms with Crippen molar-refractivity contribution in [3.63, 3.8) is 0 Å². The molecule has 114 valence electrons. The topological polar surface area (TPSA) is 58.0 Å². The lowest BCUT2D eigenvalue weighted by Crippen LogP contribution is -2.44. The van der Waals surface area contributed by atoms with Crippen molar-refractivity contribution >= 4 is 15.5 Å². The Bertz CT molecular complexity index is 838. The third kappa shape index (κ3) is 1.94. The highest BCUT2D eigenvalue weighted by Crippen LogP contribution is 2.41. The van der Waals surface area contributed by atoms with E-state index < -0.39 is 14.6 Å². The normalized spacial score (nSPS) is 20.9. The first-order valence-electron chi connectivity index (χ1n) is 7.41. The lowest BCUT2D eigenvalue weighted by atomic mass is 10.0. The van der Waals surface area contributed by atoms with Gasteiger partial charge in [-0.1, -0.05) is 48.9 Å². The lowest BCUT2D eigenvalue weighted by molar-refractivity contribution is 0.556. The van der Waals surface area contributed by atoms with Gasteiger partial charge in [-0.2, -0.15) is 0 Å². The van der Waals surface area contributed by atoms with E-state index in [1.807, 2.05) is 50.2 Å². The molecule has 0 spiro atoms. The zero-order valence-corrected chi connectivity index (χ0v) is 13.6. The first kappa shape index (κ1) is 15.0. The maximum Gasteiger partial charge on any atom is 0.190 e. The van der Waals surface area contributed by atoms with Gasteiger partial charge in [0, 0.05) is 5.56 Å². The van der Waals surface area contributed by atoms with Crippen LogP contribution in [0.5, 0.6) is 0 Å². The molecule has 4 heteroatoms. The minimum Gasteiger partial charge on any atom is -0.303 e. The molecule has 3 nitrogen and oxygen atoms in total. The first-order chi connectivity index (χ1) is 10.4. The van der Waals surface area contributed by atoms with Gasteiger partial charge in [0.05, 0.1) is 10.6 Å². The molecule has 0 aromatic heterocycles. The van der Waals surface area contributed by atoms with E-state index in [4.69, 9.17) is 5.41 Å². The van der Waals surface area contributed by atoms with Crippen molar-refractivity contribution in [2.45, 2.75) is 36.3 Å². The predicted molar refractivity (Wildman–Crippen MR) is 88.4 cm³/mol. The highest BCUT2D eigenvalue weighted by molar-refractivity contribution is 7.93. The Hall–Kier alpha value is -1.94. The summed E-state index contributed by atoms with van der Waals surface area (Å²) in [6, 6.07) is 14.4. The molecule has 1 atom stereocenters. The number of nitrogens with one attached hydrogen (secondary N) is 1. The molecular formula is C18H19NO2S. The van der Waals surface area contributed by atoms with Crippen molar-refractivity contribution in [2.75, 3.05) is 0 Å². The zero-order chi connectivity index (χ0) is 16.0. The summed E-state index contributed by atoms with van der Waals surface area (Å²) >= 11 is 0. The highest BCUT2D eigenvalue weighted by atomic mass is 32.2. The van der Waals surface area contributed by atoms with E-state index in [9.17, 15) is 8.42 Å². The van der Waals surface area contributed by atoms with E-state index in [1.54, 1.807) is 12.1 Å². The van der Waals surface area contributed by atoms with E-state index in [2.05, 4.69) is 0 Å². The first-order valence-corrected chi connectivity index (χ1v) is 8.89. The second kappa shape index (κ2) is 5.06. The molecule has 2 aromatic rings. The monoisotopic (exact) mass is 313 g/mol. The van der Waals surface area contributed by atoms with Crippen LogP contribution in [0.3, 0.4) is 0 Å². The van der Waals surface area contributed by atoms with Crippen LogP contribution in [0.2, 0.25) is 0 Å². The summed E-state index contributed by atoms with van der Waals surface area (Å²) in [6.07, 6.45) is 0.783. The molecule has 1 N–H and O–H groups in total. The minimum atomic E-state index is -3.61. The Balaban J connectivity index is 2.16. The minimum absolute atomic E-state index is 0.228. The van der Waals surface area contributed by atoms with Crippen LogP contribution in [0.25, 0.3) is 0 Å². The average Bonchev–Trinajstić information content (AvgIpc) is 2.82. The van der Waals surface area contributed by atoms with Gasteiger partial charge in [0.25, 0.3) is 0 Å². The number of rotatable bonds is 3. The van der Waals surface area contributed by atoms with Crippen LogP contribution >= 0.6 is 0 Å². The van der Waals surface area contributed by atoms with Crippen molar-refractivity contribution < 1.29 is 8.42 Å². The molecule has 3 rings (SSSR count). The van der Waals surface area contributed by atoms with Crippen molar-refractivity contribution in [1.82, 2.24) is 0 Å². The number of benzene rings is 2. The largest absolute Gasteiger partial charge is 0.303 e. The summed E-state index contributed by atoms with van der Waals surface area (Å²) < 4.78 is 25.3. The standard InChI is InChI=1S/C18H19NO2S/c1-3-18(12-14-6-4-5-7-16(14)17(18)19)22(20,21)15-10-8-13(2)9-11-15/h4-11,19H,3,12H2,1-2H3. The van der Waals surface area contributed by atoms with Gasteiger partial charge in [-0.25, -0.2) is 8.42 Å². The molecule has 0 bridgehead atoms. The molecule has 0 heterocycles. The maximum absolute atomic E-state index is 13.2. The fraction of sp³-hybridized carbons (Fsp3) is 0.278. The highest BCUT2D eigenvalue weighted by Gasteiger charge is 2.51. The van der Waals surface area contributed by atoms with Gasteiger partial charge < -0.3 is 5.41 Å². The van der Waals surface area contributed by atoms with Gasteiger partial charge in [-0.3, -0.25) is 0 Å². The van der Waals surface area contributed by atoms with E-state index >= 15 is 0 Å². The summed E-state index contributed by atoms with van der Waals surface area (Å²) in [5, 5.41) is 8.50.